The van der Waals surface area contributed by atoms with Crippen LogP contribution >= 0.6 is 15.9 Å². The third-order valence-electron chi connectivity index (χ3n) is 2.43. The van der Waals surface area contributed by atoms with E-state index in [1.54, 1.807) is 0 Å². The summed E-state index contributed by atoms with van der Waals surface area (Å²) in [5.41, 5.74) is 1.07. The van der Waals surface area contributed by atoms with Crippen molar-refractivity contribution in [2.75, 3.05) is 0 Å². The summed E-state index contributed by atoms with van der Waals surface area (Å²) in [6.07, 6.45) is 2.19. The summed E-state index contributed by atoms with van der Waals surface area (Å²) in [4.78, 5) is 10.6. The molecule has 0 aromatic carbocycles. The van der Waals surface area contributed by atoms with Crippen LogP contribution in [0.4, 0.5) is 0 Å². The molecule has 0 fully saturated rings. The van der Waals surface area contributed by atoms with Crippen LogP contribution in [0.15, 0.2) is 16.9 Å². The minimum Gasteiger partial charge on any atom is -0.481 e. The SMILES string of the molecule is CC(CC(=O)O)c1cc(Br)n(C(C)C)c1. The largest absolute Gasteiger partial charge is 0.481 e. The third kappa shape index (κ3) is 3.09. The van der Waals surface area contributed by atoms with Crippen molar-refractivity contribution in [3.05, 3.63) is 22.4 Å². The van der Waals surface area contributed by atoms with E-state index in [9.17, 15) is 4.79 Å². The number of carboxylic acids is 1. The van der Waals surface area contributed by atoms with E-state index in [1.165, 1.54) is 0 Å². The minimum absolute atomic E-state index is 0.0544. The van der Waals surface area contributed by atoms with Crippen LogP contribution in [0, 0.1) is 0 Å². The van der Waals surface area contributed by atoms with Crippen molar-refractivity contribution in [3.8, 4) is 0 Å². The molecule has 1 heterocycles. The number of hydrogen-bond donors (Lipinski definition) is 1. The molecule has 1 N–H and O–H groups in total. The van der Waals surface area contributed by atoms with E-state index in [0.29, 0.717) is 6.04 Å². The van der Waals surface area contributed by atoms with E-state index in [1.807, 2.05) is 19.2 Å². The van der Waals surface area contributed by atoms with Gasteiger partial charge in [0.25, 0.3) is 0 Å². The van der Waals surface area contributed by atoms with Crippen molar-refractivity contribution in [1.29, 1.82) is 0 Å². The number of rotatable bonds is 4. The number of aromatic nitrogens is 1. The molecule has 1 aromatic rings. The number of nitrogens with zero attached hydrogens (tertiary/aromatic N) is 1. The fraction of sp³-hybridized carbons (Fsp3) is 0.545. The second-order valence-electron chi connectivity index (χ2n) is 4.10. The Hall–Kier alpha value is -0.770. The Kier molecular flexibility index (Phi) is 3.97. The normalized spacial score (nSPS) is 13.1. The van der Waals surface area contributed by atoms with Crippen molar-refractivity contribution in [3.63, 3.8) is 0 Å². The third-order valence-corrected chi connectivity index (χ3v) is 3.07. The lowest BCUT2D eigenvalue weighted by molar-refractivity contribution is -0.137. The molecule has 0 aliphatic rings. The van der Waals surface area contributed by atoms with Crippen molar-refractivity contribution in [1.82, 2.24) is 4.57 Å². The number of halogens is 1. The summed E-state index contributed by atoms with van der Waals surface area (Å²) in [5, 5.41) is 8.71. The fourth-order valence-electron chi connectivity index (χ4n) is 1.52. The van der Waals surface area contributed by atoms with Gasteiger partial charge in [-0.25, -0.2) is 0 Å². The second kappa shape index (κ2) is 4.84. The van der Waals surface area contributed by atoms with Gasteiger partial charge in [-0.3, -0.25) is 4.79 Å². The highest BCUT2D eigenvalue weighted by molar-refractivity contribution is 9.10. The van der Waals surface area contributed by atoms with Crippen molar-refractivity contribution in [2.45, 2.75) is 39.2 Å². The summed E-state index contributed by atoms with van der Waals surface area (Å²) in [6, 6.07) is 2.37. The molecule has 0 spiro atoms. The van der Waals surface area contributed by atoms with Gasteiger partial charge in [0.05, 0.1) is 11.0 Å². The molecule has 0 saturated heterocycles. The van der Waals surface area contributed by atoms with Gasteiger partial charge in [-0.15, -0.1) is 0 Å². The first-order valence-electron chi connectivity index (χ1n) is 5.01. The van der Waals surface area contributed by atoms with E-state index < -0.39 is 5.97 Å². The summed E-state index contributed by atoms with van der Waals surface area (Å²) >= 11 is 3.47. The highest BCUT2D eigenvalue weighted by atomic mass is 79.9. The molecular weight excluding hydrogens is 258 g/mol. The van der Waals surface area contributed by atoms with Crippen LogP contribution in [0.5, 0.6) is 0 Å². The molecule has 0 aliphatic carbocycles. The van der Waals surface area contributed by atoms with Crippen LogP contribution in [-0.4, -0.2) is 15.6 Å². The zero-order chi connectivity index (χ0) is 11.6. The van der Waals surface area contributed by atoms with E-state index in [0.717, 1.165) is 10.2 Å². The Balaban J connectivity index is 2.87. The van der Waals surface area contributed by atoms with Crippen molar-refractivity contribution < 1.29 is 9.90 Å². The quantitative estimate of drug-likeness (QED) is 0.914. The van der Waals surface area contributed by atoms with Gasteiger partial charge in [0.15, 0.2) is 0 Å². The number of aliphatic carboxylic acids is 1. The fourth-order valence-corrected chi connectivity index (χ4v) is 2.29. The molecule has 1 unspecified atom stereocenters. The lowest BCUT2D eigenvalue weighted by Crippen LogP contribution is -2.02. The smallest absolute Gasteiger partial charge is 0.303 e. The maximum absolute atomic E-state index is 10.6. The average molecular weight is 274 g/mol. The van der Waals surface area contributed by atoms with Gasteiger partial charge >= 0.3 is 5.97 Å². The molecule has 0 aliphatic heterocycles. The van der Waals surface area contributed by atoms with Gasteiger partial charge in [0.1, 0.15) is 0 Å². The van der Waals surface area contributed by atoms with E-state index in [2.05, 4.69) is 34.3 Å². The Morgan fingerprint density at radius 3 is 2.53 bits per heavy atom. The van der Waals surface area contributed by atoms with Crippen LogP contribution in [0.3, 0.4) is 0 Å². The van der Waals surface area contributed by atoms with Gasteiger partial charge in [0.2, 0.25) is 0 Å². The summed E-state index contributed by atoms with van der Waals surface area (Å²) in [6.45, 7) is 6.12. The molecule has 4 heteroatoms. The summed E-state index contributed by atoms with van der Waals surface area (Å²) in [5.74, 6) is -0.699. The zero-order valence-corrected chi connectivity index (χ0v) is 10.8. The number of carboxylic acid groups (broad SMARTS) is 1. The van der Waals surface area contributed by atoms with Crippen LogP contribution in [0.2, 0.25) is 0 Å². The van der Waals surface area contributed by atoms with Gasteiger partial charge in [0, 0.05) is 12.2 Å². The van der Waals surface area contributed by atoms with Crippen LogP contribution in [-0.2, 0) is 4.79 Å². The molecule has 1 rings (SSSR count). The lowest BCUT2D eigenvalue weighted by Gasteiger charge is -2.09. The van der Waals surface area contributed by atoms with Crippen molar-refractivity contribution in [2.24, 2.45) is 0 Å². The molecule has 0 amide bonds. The zero-order valence-electron chi connectivity index (χ0n) is 9.20. The van der Waals surface area contributed by atoms with E-state index in [-0.39, 0.29) is 12.3 Å². The maximum Gasteiger partial charge on any atom is 0.303 e. The number of carbonyl (C=O) groups is 1. The van der Waals surface area contributed by atoms with Gasteiger partial charge in [-0.1, -0.05) is 6.92 Å². The lowest BCUT2D eigenvalue weighted by atomic mass is 10.0. The first kappa shape index (κ1) is 12.3. The molecule has 0 radical (unpaired) electrons. The molecule has 84 valence electrons. The van der Waals surface area contributed by atoms with E-state index >= 15 is 0 Å². The highest BCUT2D eigenvalue weighted by Gasteiger charge is 2.14. The standard InChI is InChI=1S/C11H16BrNO2/c1-7(2)13-6-9(5-10(13)12)8(3)4-11(14)15/h5-8H,4H2,1-3H3,(H,14,15). The predicted octanol–water partition coefficient (Wildman–Crippen LogP) is 3.41. The first-order valence-corrected chi connectivity index (χ1v) is 5.80. The number of hydrogen-bond acceptors (Lipinski definition) is 1. The Labute approximate surface area is 98.2 Å². The first-order chi connectivity index (χ1) is 6.91. The molecule has 0 saturated carbocycles. The molecule has 1 aromatic heterocycles. The maximum atomic E-state index is 10.6. The monoisotopic (exact) mass is 273 g/mol. The minimum atomic E-state index is -0.754. The average Bonchev–Trinajstić information content (AvgIpc) is 2.46. The van der Waals surface area contributed by atoms with Crippen LogP contribution < -0.4 is 0 Å². The Morgan fingerprint density at radius 1 is 1.53 bits per heavy atom. The predicted molar refractivity (Wildman–Crippen MR) is 63.2 cm³/mol. The van der Waals surface area contributed by atoms with Gasteiger partial charge < -0.3 is 9.67 Å². The van der Waals surface area contributed by atoms with Gasteiger partial charge in [-0.2, -0.15) is 0 Å². The van der Waals surface area contributed by atoms with Crippen molar-refractivity contribution >= 4 is 21.9 Å². The molecule has 3 nitrogen and oxygen atoms in total. The van der Waals surface area contributed by atoms with E-state index in [4.69, 9.17) is 5.11 Å². The molecular formula is C11H16BrNO2. The van der Waals surface area contributed by atoms with Gasteiger partial charge in [-0.05, 0) is 47.3 Å². The topological polar surface area (TPSA) is 42.2 Å². The second-order valence-corrected chi connectivity index (χ2v) is 4.91. The van der Waals surface area contributed by atoms with Crippen LogP contribution in [0.1, 0.15) is 44.7 Å². The molecule has 15 heavy (non-hydrogen) atoms. The molecule has 0 bridgehead atoms. The highest BCUT2D eigenvalue weighted by Crippen LogP contribution is 2.26. The summed E-state index contributed by atoms with van der Waals surface area (Å²) in [7, 11) is 0. The molecule has 1 atom stereocenters. The van der Waals surface area contributed by atoms with Crippen LogP contribution in [0.25, 0.3) is 0 Å². The Bertz CT molecular complexity index is 357. The Morgan fingerprint density at radius 2 is 2.13 bits per heavy atom. The summed E-state index contributed by atoms with van der Waals surface area (Å²) < 4.78 is 3.10.